The van der Waals surface area contributed by atoms with Gasteiger partial charge in [0.2, 0.25) is 19.2 Å². The average molecular weight is 844 g/mol. The summed E-state index contributed by atoms with van der Waals surface area (Å²) in [5, 5.41) is 2.46. The molecular formula is C43H53ClF2N3O8P. The van der Waals surface area contributed by atoms with Gasteiger partial charge in [-0.05, 0) is 88.5 Å². The molecule has 2 amide bonds. The zero-order chi connectivity index (χ0) is 41.2. The topological polar surface area (TPSA) is 144 Å². The molecular weight excluding hydrogens is 791 g/mol. The van der Waals surface area contributed by atoms with Crippen molar-refractivity contribution in [1.82, 2.24) is 15.2 Å². The summed E-state index contributed by atoms with van der Waals surface area (Å²) < 4.78 is 62.3. The molecule has 4 fully saturated rings. The van der Waals surface area contributed by atoms with Gasteiger partial charge < -0.3 is 29.3 Å². The Morgan fingerprint density at radius 1 is 1.02 bits per heavy atom. The van der Waals surface area contributed by atoms with E-state index in [-0.39, 0.29) is 43.7 Å². The summed E-state index contributed by atoms with van der Waals surface area (Å²) in [6, 6.07) is 6.57. The molecule has 3 aromatic rings. The minimum atomic E-state index is -4.41. The van der Waals surface area contributed by atoms with Gasteiger partial charge in [-0.3, -0.25) is 14.2 Å². The highest BCUT2D eigenvalue weighted by Gasteiger charge is 2.66. The number of hydrogen-bond donors (Lipinski definition) is 2. The molecule has 2 saturated carbocycles. The maximum absolute atomic E-state index is 14.9. The molecule has 1 aromatic heterocycles. The zero-order valence-electron chi connectivity index (χ0n) is 33.2. The Balaban J connectivity index is 1.22. The molecule has 2 N–H and O–H groups in total. The first kappa shape index (κ1) is 42.3. The molecule has 2 aliphatic carbocycles. The van der Waals surface area contributed by atoms with Gasteiger partial charge in [0, 0.05) is 29.9 Å². The van der Waals surface area contributed by atoms with E-state index in [4.69, 9.17) is 25.8 Å². The van der Waals surface area contributed by atoms with Crippen LogP contribution in [0.1, 0.15) is 108 Å². The minimum absolute atomic E-state index is 0.0217. The Morgan fingerprint density at radius 2 is 1.71 bits per heavy atom. The van der Waals surface area contributed by atoms with Crippen molar-refractivity contribution in [3.8, 4) is 11.6 Å². The Labute approximate surface area is 343 Å². The van der Waals surface area contributed by atoms with Crippen LogP contribution in [0.15, 0.2) is 36.4 Å². The summed E-state index contributed by atoms with van der Waals surface area (Å²) in [7, 11) is -4.41. The van der Waals surface area contributed by atoms with Gasteiger partial charge in [-0.25, -0.2) is 18.6 Å². The van der Waals surface area contributed by atoms with E-state index in [9.17, 15) is 32.6 Å². The smallest absolute Gasteiger partial charge is 0.408 e. The lowest BCUT2D eigenvalue weighted by Crippen LogP contribution is -2.52. The zero-order valence-corrected chi connectivity index (χ0v) is 34.8. The fraction of sp³-hybridized carbons (Fsp3) is 0.581. The molecule has 2 saturated heterocycles. The van der Waals surface area contributed by atoms with Crippen molar-refractivity contribution in [2.45, 2.75) is 139 Å². The molecule has 314 valence electrons. The van der Waals surface area contributed by atoms with Crippen molar-refractivity contribution in [2.24, 2.45) is 5.92 Å². The largest absolute Gasteiger partial charge is 0.488 e. The molecule has 2 aliphatic heterocycles. The predicted molar refractivity (Wildman–Crippen MR) is 216 cm³/mol. The second-order valence-corrected chi connectivity index (χ2v) is 19.5. The third-order valence-corrected chi connectivity index (χ3v) is 15.9. The van der Waals surface area contributed by atoms with Crippen molar-refractivity contribution >= 4 is 47.7 Å². The van der Waals surface area contributed by atoms with Crippen molar-refractivity contribution < 1.29 is 46.8 Å². The van der Waals surface area contributed by atoms with Gasteiger partial charge in [0.05, 0.1) is 41.1 Å². The van der Waals surface area contributed by atoms with Crippen LogP contribution in [0.2, 0.25) is 5.02 Å². The number of ether oxygens (including phenoxy) is 3. The van der Waals surface area contributed by atoms with E-state index in [0.29, 0.717) is 47.5 Å². The van der Waals surface area contributed by atoms with Crippen LogP contribution in [0.25, 0.3) is 10.9 Å². The summed E-state index contributed by atoms with van der Waals surface area (Å²) in [6.07, 6.45) is 5.80. The lowest BCUT2D eigenvalue weighted by atomic mass is 10.0. The van der Waals surface area contributed by atoms with E-state index in [1.165, 1.54) is 11.0 Å². The third kappa shape index (κ3) is 9.02. The molecule has 0 radical (unpaired) electrons. The van der Waals surface area contributed by atoms with Crippen molar-refractivity contribution in [3.63, 3.8) is 0 Å². The van der Waals surface area contributed by atoms with Crippen molar-refractivity contribution in [1.29, 1.82) is 0 Å². The van der Waals surface area contributed by atoms with Crippen LogP contribution in [0.4, 0.5) is 13.6 Å². The molecule has 0 bridgehead atoms. The molecule has 15 heteroatoms. The minimum Gasteiger partial charge on any atom is -0.488 e. The summed E-state index contributed by atoms with van der Waals surface area (Å²) in [4.78, 5) is 60.5. The molecule has 3 heterocycles. The lowest BCUT2D eigenvalue weighted by molar-refractivity contribution is -0.139. The third-order valence-electron chi connectivity index (χ3n) is 12.6. The number of rotatable bonds is 9. The van der Waals surface area contributed by atoms with Gasteiger partial charge in [0.1, 0.15) is 35.6 Å². The van der Waals surface area contributed by atoms with Gasteiger partial charge in [0.15, 0.2) is 5.78 Å². The van der Waals surface area contributed by atoms with Crippen LogP contribution in [0.3, 0.4) is 0 Å². The first-order valence-electron chi connectivity index (χ1n) is 20.7. The molecule has 2 unspecified atom stereocenters. The van der Waals surface area contributed by atoms with E-state index < -0.39 is 71.9 Å². The molecule has 6 atom stereocenters. The van der Waals surface area contributed by atoms with E-state index in [0.717, 1.165) is 69.1 Å². The quantitative estimate of drug-likeness (QED) is 0.202. The van der Waals surface area contributed by atoms with Crippen LogP contribution in [-0.2, 0) is 25.1 Å². The number of benzene rings is 2. The van der Waals surface area contributed by atoms with E-state index >= 15 is 0 Å². The average Bonchev–Trinajstić information content (AvgIpc) is 3.45. The number of alkyl carbamates (subject to hydrolysis) is 1. The van der Waals surface area contributed by atoms with Crippen molar-refractivity contribution in [2.75, 3.05) is 13.2 Å². The maximum atomic E-state index is 14.9. The normalized spacial score (nSPS) is 26.9. The number of nitrogens with zero attached hydrogens (tertiary/aromatic N) is 2. The lowest BCUT2D eigenvalue weighted by Gasteiger charge is -2.30. The number of Topliss-reactive ketones (excluding diaryl/α,β-unsaturated/α-hetero) is 1. The van der Waals surface area contributed by atoms with Gasteiger partial charge in [-0.1, -0.05) is 55.8 Å². The van der Waals surface area contributed by atoms with Crippen LogP contribution in [-0.4, -0.2) is 75.2 Å². The summed E-state index contributed by atoms with van der Waals surface area (Å²) in [6.45, 7) is 4.00. The number of pyridine rings is 1. The molecule has 7 rings (SSSR count). The van der Waals surface area contributed by atoms with E-state index in [1.807, 2.05) is 26.0 Å². The molecule has 11 nitrogen and oxygen atoms in total. The fourth-order valence-electron chi connectivity index (χ4n) is 9.28. The Hall–Kier alpha value is -3.80. The van der Waals surface area contributed by atoms with Gasteiger partial charge in [0.25, 0.3) is 0 Å². The number of aromatic nitrogens is 1. The molecule has 4 aliphatic rings. The number of carbonyl (C=O) groups is 3. The van der Waals surface area contributed by atoms with Gasteiger partial charge in [-0.2, -0.15) is 0 Å². The summed E-state index contributed by atoms with van der Waals surface area (Å²) >= 11 is 6.70. The Kier molecular flexibility index (Phi) is 13.0. The SMILES string of the molecule is CCOc1cc(OC2C[C@H]3C(=O)C[C@]4(P(=O)(O)Cc5c(F)cccc5F)C[C@H]4CCCCCCC[C@H](NC(=O)OC4CCCC4)C(=O)N3C2)c2ccc(C)c(Cl)c2n1. The summed E-state index contributed by atoms with van der Waals surface area (Å²) in [5.41, 5.74) is 0.798. The molecule has 58 heavy (non-hydrogen) atoms. The highest BCUT2D eigenvalue weighted by Crippen LogP contribution is 2.75. The van der Waals surface area contributed by atoms with Crippen molar-refractivity contribution in [3.05, 3.63) is 64.2 Å². The van der Waals surface area contributed by atoms with E-state index in [1.54, 1.807) is 6.07 Å². The van der Waals surface area contributed by atoms with Crippen LogP contribution >= 0.6 is 19.0 Å². The summed E-state index contributed by atoms with van der Waals surface area (Å²) in [5.74, 6) is -2.39. The standard InChI is InChI=1S/C43H53ClF2N3O8P/c1-3-55-38-21-37(30-19-18-26(2)39(44)40(30)48-38)56-29-20-35-36(50)23-43(58(53,54)25-31-32(45)15-11-16-33(31)46)22-27(43)12-7-5-4-6-8-17-34(41(51)49(35)24-29)47-42(52)57-28-13-9-10-14-28/h11,15-16,18-19,21,27-29,34-35H,3-10,12-14,17,20,22-25H2,1-2H3,(H,47,52)(H,53,54)/t27-,29?,34+,35+,43-/m1/s1. The fourth-order valence-corrected chi connectivity index (χ4v) is 12.1. The number of hydrogen-bond acceptors (Lipinski definition) is 8. The number of carbonyl (C=O) groups excluding carboxylic acids is 3. The number of nitrogens with one attached hydrogen (secondary N) is 1. The van der Waals surface area contributed by atoms with Gasteiger partial charge >= 0.3 is 6.09 Å². The highest BCUT2D eigenvalue weighted by atomic mass is 35.5. The van der Waals surface area contributed by atoms with Crippen LogP contribution in [0.5, 0.6) is 11.6 Å². The second kappa shape index (κ2) is 17.8. The maximum Gasteiger partial charge on any atom is 0.408 e. The first-order chi connectivity index (χ1) is 27.8. The second-order valence-electron chi connectivity index (χ2n) is 16.5. The van der Waals surface area contributed by atoms with Gasteiger partial charge in [-0.15, -0.1) is 0 Å². The highest BCUT2D eigenvalue weighted by molar-refractivity contribution is 7.59. The Bertz CT molecular complexity index is 2060. The monoisotopic (exact) mass is 843 g/mol. The van der Waals surface area contributed by atoms with Crippen LogP contribution in [0, 0.1) is 24.5 Å². The van der Waals surface area contributed by atoms with Crippen LogP contribution < -0.4 is 14.8 Å². The molecule has 0 spiro atoms. The first-order valence-corrected chi connectivity index (χ1v) is 23.0. The number of aryl methyl sites for hydroxylation is 1. The Morgan fingerprint density at radius 3 is 2.43 bits per heavy atom. The molecule has 2 aromatic carbocycles. The van der Waals surface area contributed by atoms with E-state index in [2.05, 4.69) is 10.3 Å². The number of halogens is 3. The number of fused-ring (bicyclic) bond motifs is 3. The number of amides is 2. The number of ketones is 1. The predicted octanol–water partition coefficient (Wildman–Crippen LogP) is 9.19.